The molecule has 0 saturated heterocycles. The van der Waals surface area contributed by atoms with Gasteiger partial charge >= 0.3 is 0 Å². The minimum atomic E-state index is -2.70. The highest BCUT2D eigenvalue weighted by Crippen LogP contribution is 2.17. The summed E-state index contributed by atoms with van der Waals surface area (Å²) in [6.07, 6.45) is -0.872. The molecule has 0 aliphatic heterocycles. The van der Waals surface area contributed by atoms with E-state index < -0.39 is 18.0 Å². The highest BCUT2D eigenvalue weighted by atomic mass is 19.3. The van der Waals surface area contributed by atoms with Crippen molar-refractivity contribution < 1.29 is 13.6 Å². The van der Waals surface area contributed by atoms with E-state index in [1.807, 2.05) is 35.7 Å². The Morgan fingerprint density at radius 3 is 2.83 bits per heavy atom. The Kier molecular flexibility index (Phi) is 3.81. The van der Waals surface area contributed by atoms with Gasteiger partial charge in [0.25, 0.3) is 12.3 Å². The number of aryl methyl sites for hydroxylation is 2. The topological polar surface area (TPSA) is 64.2 Å². The first-order valence-electron chi connectivity index (χ1n) is 6.99. The Labute approximate surface area is 130 Å². The van der Waals surface area contributed by atoms with Crippen molar-refractivity contribution in [3.8, 4) is 0 Å². The highest BCUT2D eigenvalue weighted by molar-refractivity contribution is 5.92. The molecule has 0 aliphatic carbocycles. The average molecular weight is 319 g/mol. The number of alkyl halides is 2. The van der Waals surface area contributed by atoms with Crippen molar-refractivity contribution in [1.29, 1.82) is 0 Å². The van der Waals surface area contributed by atoms with Crippen LogP contribution >= 0.6 is 0 Å². The second-order valence-corrected chi connectivity index (χ2v) is 5.19. The van der Waals surface area contributed by atoms with Gasteiger partial charge in [0.15, 0.2) is 0 Å². The minimum Gasteiger partial charge on any atom is -0.345 e. The fraction of sp³-hybridized carbons (Fsp3) is 0.267. The van der Waals surface area contributed by atoms with E-state index >= 15 is 0 Å². The SMILES string of the molecule is Cc1cccc2nc(CNC(=O)c3cc(C(F)F)nn3C)cn12. The fourth-order valence-electron chi connectivity index (χ4n) is 2.35. The van der Waals surface area contributed by atoms with Crippen LogP contribution in [0.4, 0.5) is 8.78 Å². The van der Waals surface area contributed by atoms with E-state index in [2.05, 4.69) is 15.4 Å². The number of rotatable bonds is 4. The number of nitrogens with zero attached hydrogens (tertiary/aromatic N) is 4. The van der Waals surface area contributed by atoms with Gasteiger partial charge in [-0.3, -0.25) is 9.48 Å². The van der Waals surface area contributed by atoms with Crippen LogP contribution in [-0.2, 0) is 13.6 Å². The highest BCUT2D eigenvalue weighted by Gasteiger charge is 2.18. The van der Waals surface area contributed by atoms with Crippen LogP contribution in [0.2, 0.25) is 0 Å². The second-order valence-electron chi connectivity index (χ2n) is 5.19. The first kappa shape index (κ1) is 15.1. The Balaban J connectivity index is 1.74. The molecule has 0 spiro atoms. The molecule has 8 heteroatoms. The molecule has 3 aromatic heterocycles. The van der Waals surface area contributed by atoms with E-state index in [4.69, 9.17) is 0 Å². The van der Waals surface area contributed by atoms with Crippen molar-refractivity contribution in [3.63, 3.8) is 0 Å². The smallest absolute Gasteiger partial charge is 0.282 e. The van der Waals surface area contributed by atoms with E-state index in [0.29, 0.717) is 5.69 Å². The van der Waals surface area contributed by atoms with Crippen molar-refractivity contribution in [1.82, 2.24) is 24.5 Å². The van der Waals surface area contributed by atoms with Crippen molar-refractivity contribution in [2.24, 2.45) is 7.05 Å². The molecule has 0 unspecified atom stereocenters. The number of hydrogen-bond donors (Lipinski definition) is 1. The van der Waals surface area contributed by atoms with Gasteiger partial charge in [0.05, 0.1) is 12.2 Å². The molecule has 6 nitrogen and oxygen atoms in total. The van der Waals surface area contributed by atoms with Crippen LogP contribution in [0.3, 0.4) is 0 Å². The third-order valence-corrected chi connectivity index (χ3v) is 3.53. The van der Waals surface area contributed by atoms with Crippen LogP contribution in [0.1, 0.15) is 34.0 Å². The minimum absolute atomic E-state index is 0.0836. The number of carbonyl (C=O) groups excluding carboxylic acids is 1. The zero-order chi connectivity index (χ0) is 16.6. The third kappa shape index (κ3) is 2.92. The van der Waals surface area contributed by atoms with Crippen LogP contribution in [0, 0.1) is 6.92 Å². The Bertz CT molecular complexity index is 868. The Hall–Kier alpha value is -2.77. The molecule has 3 aromatic rings. The van der Waals surface area contributed by atoms with Gasteiger partial charge in [-0.05, 0) is 25.1 Å². The van der Waals surface area contributed by atoms with Crippen LogP contribution in [-0.4, -0.2) is 25.1 Å². The van der Waals surface area contributed by atoms with Crippen LogP contribution in [0.25, 0.3) is 5.65 Å². The first-order chi connectivity index (χ1) is 11.0. The van der Waals surface area contributed by atoms with Crippen LogP contribution in [0.15, 0.2) is 30.5 Å². The van der Waals surface area contributed by atoms with Crippen LogP contribution in [0.5, 0.6) is 0 Å². The van der Waals surface area contributed by atoms with E-state index in [1.165, 1.54) is 7.05 Å². The van der Waals surface area contributed by atoms with Gasteiger partial charge in [-0.25, -0.2) is 13.8 Å². The first-order valence-corrected chi connectivity index (χ1v) is 6.99. The number of pyridine rings is 1. The quantitative estimate of drug-likeness (QED) is 0.802. The largest absolute Gasteiger partial charge is 0.345 e. The average Bonchev–Trinajstić information content (AvgIpc) is 3.09. The van der Waals surface area contributed by atoms with Gasteiger partial charge in [-0.1, -0.05) is 6.07 Å². The predicted molar refractivity (Wildman–Crippen MR) is 79.3 cm³/mol. The van der Waals surface area contributed by atoms with E-state index in [-0.39, 0.29) is 12.2 Å². The molecule has 0 bridgehead atoms. The molecule has 3 heterocycles. The van der Waals surface area contributed by atoms with Gasteiger partial charge in [0, 0.05) is 18.9 Å². The molecular weight excluding hydrogens is 304 g/mol. The monoisotopic (exact) mass is 319 g/mol. The predicted octanol–water partition coefficient (Wildman–Crippen LogP) is 2.24. The molecule has 0 saturated carbocycles. The molecular formula is C15H15F2N5O. The molecule has 0 aromatic carbocycles. The lowest BCUT2D eigenvalue weighted by Gasteiger charge is -2.02. The summed E-state index contributed by atoms with van der Waals surface area (Å²) in [6.45, 7) is 2.16. The third-order valence-electron chi connectivity index (χ3n) is 3.53. The molecule has 0 radical (unpaired) electrons. The molecule has 120 valence electrons. The van der Waals surface area contributed by atoms with Gasteiger partial charge in [-0.15, -0.1) is 0 Å². The van der Waals surface area contributed by atoms with Crippen molar-refractivity contribution in [3.05, 3.63) is 53.2 Å². The number of fused-ring (bicyclic) bond motifs is 1. The maximum Gasteiger partial charge on any atom is 0.282 e. The molecule has 0 aliphatic rings. The van der Waals surface area contributed by atoms with Crippen molar-refractivity contribution >= 4 is 11.6 Å². The summed E-state index contributed by atoms with van der Waals surface area (Å²) in [5.41, 5.74) is 2.17. The number of halogens is 2. The standard InChI is InChI=1S/C15H15F2N5O/c1-9-4-3-5-13-19-10(8-22(9)13)7-18-15(23)12-6-11(14(16)17)20-21(12)2/h3-6,8,14H,7H2,1-2H3,(H,18,23). The molecule has 1 amide bonds. The maximum atomic E-state index is 12.6. The molecule has 23 heavy (non-hydrogen) atoms. The zero-order valence-electron chi connectivity index (χ0n) is 12.6. The second kappa shape index (κ2) is 5.79. The zero-order valence-corrected chi connectivity index (χ0v) is 12.6. The van der Waals surface area contributed by atoms with Crippen molar-refractivity contribution in [2.75, 3.05) is 0 Å². The molecule has 1 N–H and O–H groups in total. The number of amides is 1. The summed E-state index contributed by atoms with van der Waals surface area (Å²) in [5.74, 6) is -0.472. The summed E-state index contributed by atoms with van der Waals surface area (Å²) < 4.78 is 28.3. The summed E-state index contributed by atoms with van der Waals surface area (Å²) in [6, 6.07) is 6.82. The molecule has 0 fully saturated rings. The molecule has 0 atom stereocenters. The van der Waals surface area contributed by atoms with E-state index in [9.17, 15) is 13.6 Å². The Morgan fingerprint density at radius 2 is 2.17 bits per heavy atom. The summed E-state index contributed by atoms with van der Waals surface area (Å²) in [7, 11) is 1.45. The van der Waals surface area contributed by atoms with E-state index in [1.54, 1.807) is 0 Å². The lowest BCUT2D eigenvalue weighted by atomic mass is 10.3. The van der Waals surface area contributed by atoms with Gasteiger partial charge in [0.1, 0.15) is 17.0 Å². The van der Waals surface area contributed by atoms with E-state index in [0.717, 1.165) is 22.1 Å². The molecule has 3 rings (SSSR count). The number of hydrogen-bond acceptors (Lipinski definition) is 3. The summed E-state index contributed by atoms with van der Waals surface area (Å²) in [5, 5.41) is 6.29. The Morgan fingerprint density at radius 1 is 1.39 bits per heavy atom. The van der Waals surface area contributed by atoms with Gasteiger partial charge in [0.2, 0.25) is 0 Å². The maximum absolute atomic E-state index is 12.6. The fourth-order valence-corrected chi connectivity index (χ4v) is 2.35. The van der Waals surface area contributed by atoms with Crippen LogP contribution < -0.4 is 5.32 Å². The number of nitrogens with one attached hydrogen (secondary N) is 1. The van der Waals surface area contributed by atoms with Crippen molar-refractivity contribution in [2.45, 2.75) is 19.9 Å². The normalized spacial score (nSPS) is 11.3. The van der Waals surface area contributed by atoms with Gasteiger partial charge < -0.3 is 9.72 Å². The number of aromatic nitrogens is 4. The lowest BCUT2D eigenvalue weighted by Crippen LogP contribution is -2.25. The summed E-state index contributed by atoms with van der Waals surface area (Å²) >= 11 is 0. The number of imidazole rings is 1. The number of carbonyl (C=O) groups is 1. The lowest BCUT2D eigenvalue weighted by molar-refractivity contribution is 0.0941. The van der Waals surface area contributed by atoms with Gasteiger partial charge in [-0.2, -0.15) is 5.10 Å². The summed E-state index contributed by atoms with van der Waals surface area (Å²) in [4.78, 5) is 16.5.